The summed E-state index contributed by atoms with van der Waals surface area (Å²) in [5, 5.41) is 3.77. The van der Waals surface area contributed by atoms with Crippen LogP contribution >= 0.6 is 0 Å². The Balaban J connectivity index is 1.54. The first-order valence-corrected chi connectivity index (χ1v) is 7.93. The van der Waals surface area contributed by atoms with Crippen molar-refractivity contribution in [1.29, 1.82) is 0 Å². The Kier molecular flexibility index (Phi) is 3.50. The van der Waals surface area contributed by atoms with Crippen LogP contribution in [-0.2, 0) is 4.74 Å². The molecule has 1 aliphatic heterocycles. The molecule has 0 bridgehead atoms. The largest absolute Gasteiger partial charge is 0.381 e. The molecule has 1 atom stereocenters. The summed E-state index contributed by atoms with van der Waals surface area (Å²) in [5.74, 6) is 0.740. The van der Waals surface area contributed by atoms with Gasteiger partial charge in [-0.3, -0.25) is 0 Å². The second kappa shape index (κ2) is 5.63. The third-order valence-electron chi connectivity index (χ3n) is 4.76. The van der Waals surface area contributed by atoms with E-state index in [4.69, 9.17) is 4.74 Å². The Hall–Kier alpha value is -1.64. The Morgan fingerprint density at radius 1 is 0.952 bits per heavy atom. The van der Waals surface area contributed by atoms with Crippen LogP contribution in [0.3, 0.4) is 0 Å². The summed E-state index contributed by atoms with van der Waals surface area (Å²) in [4.78, 5) is 0. The fourth-order valence-corrected chi connectivity index (χ4v) is 3.62. The third-order valence-corrected chi connectivity index (χ3v) is 4.76. The van der Waals surface area contributed by atoms with Gasteiger partial charge in [-0.25, -0.2) is 0 Å². The van der Waals surface area contributed by atoms with Gasteiger partial charge in [-0.15, -0.1) is 0 Å². The molecule has 0 aromatic heterocycles. The molecule has 1 saturated heterocycles. The van der Waals surface area contributed by atoms with Gasteiger partial charge >= 0.3 is 0 Å². The van der Waals surface area contributed by atoms with Gasteiger partial charge in [0.05, 0.1) is 6.04 Å². The molecule has 1 N–H and O–H groups in total. The molecule has 1 unspecified atom stereocenters. The smallest absolute Gasteiger partial charge is 0.0588 e. The van der Waals surface area contributed by atoms with Gasteiger partial charge in [-0.2, -0.15) is 0 Å². The van der Waals surface area contributed by atoms with Crippen molar-refractivity contribution in [3.63, 3.8) is 0 Å². The summed E-state index contributed by atoms with van der Waals surface area (Å²) < 4.78 is 5.46. The second-order valence-electron chi connectivity index (χ2n) is 6.08. The highest BCUT2D eigenvalue weighted by Gasteiger charge is 2.27. The molecule has 0 saturated carbocycles. The van der Waals surface area contributed by atoms with E-state index in [1.807, 2.05) is 0 Å². The number of hydrogen-bond acceptors (Lipinski definition) is 2. The highest BCUT2D eigenvalue weighted by molar-refractivity contribution is 5.78. The molecule has 4 rings (SSSR count). The van der Waals surface area contributed by atoms with Crippen molar-refractivity contribution in [2.24, 2.45) is 5.92 Å². The van der Waals surface area contributed by atoms with E-state index >= 15 is 0 Å². The molecule has 2 aromatic rings. The molecule has 108 valence electrons. The first-order chi connectivity index (χ1) is 10.4. The maximum Gasteiger partial charge on any atom is 0.0588 e. The van der Waals surface area contributed by atoms with Crippen LogP contribution in [0.15, 0.2) is 48.5 Å². The quantitative estimate of drug-likeness (QED) is 0.920. The van der Waals surface area contributed by atoms with Crippen molar-refractivity contribution in [1.82, 2.24) is 5.32 Å². The van der Waals surface area contributed by atoms with Gasteiger partial charge in [-0.05, 0) is 47.6 Å². The molecule has 1 heterocycles. The summed E-state index contributed by atoms with van der Waals surface area (Å²) in [6.07, 6.45) is 2.43. The summed E-state index contributed by atoms with van der Waals surface area (Å²) in [5.41, 5.74) is 5.60. The zero-order chi connectivity index (χ0) is 14.1. The molecule has 2 aliphatic rings. The van der Waals surface area contributed by atoms with Gasteiger partial charge in [0.1, 0.15) is 0 Å². The van der Waals surface area contributed by atoms with Crippen LogP contribution in [0.5, 0.6) is 0 Å². The van der Waals surface area contributed by atoms with E-state index in [9.17, 15) is 0 Å². The number of rotatable bonds is 4. The number of benzene rings is 2. The van der Waals surface area contributed by atoms with Crippen LogP contribution in [-0.4, -0.2) is 19.8 Å². The molecule has 1 fully saturated rings. The Bertz CT molecular complexity index is 585. The normalized spacial score (nSPS) is 20.5. The van der Waals surface area contributed by atoms with Gasteiger partial charge in [0.25, 0.3) is 0 Å². The van der Waals surface area contributed by atoms with Crippen molar-refractivity contribution in [2.75, 3.05) is 19.8 Å². The predicted octanol–water partition coefficient (Wildman–Crippen LogP) is 3.77. The highest BCUT2D eigenvalue weighted by Crippen LogP contribution is 2.42. The molecule has 0 spiro atoms. The van der Waals surface area contributed by atoms with Crippen LogP contribution in [0.1, 0.15) is 30.0 Å². The number of ether oxygens (including phenoxy) is 1. The predicted molar refractivity (Wildman–Crippen MR) is 85.3 cm³/mol. The number of nitrogens with one attached hydrogen (secondary N) is 1. The maximum absolute atomic E-state index is 5.46. The molecular formula is C19H21NO. The van der Waals surface area contributed by atoms with Crippen LogP contribution in [0, 0.1) is 5.92 Å². The van der Waals surface area contributed by atoms with E-state index < -0.39 is 0 Å². The van der Waals surface area contributed by atoms with Crippen LogP contribution in [0.25, 0.3) is 11.1 Å². The lowest BCUT2D eigenvalue weighted by Crippen LogP contribution is -2.23. The lowest BCUT2D eigenvalue weighted by molar-refractivity contribution is 0.184. The monoisotopic (exact) mass is 279 g/mol. The minimum absolute atomic E-state index is 0.347. The first-order valence-electron chi connectivity index (χ1n) is 7.93. The van der Waals surface area contributed by atoms with Crippen LogP contribution < -0.4 is 5.32 Å². The van der Waals surface area contributed by atoms with Crippen molar-refractivity contribution in [3.8, 4) is 11.1 Å². The van der Waals surface area contributed by atoms with Gasteiger partial charge in [0, 0.05) is 13.2 Å². The SMILES string of the molecule is c1ccc2c(c1)-c1ccccc1C2NCCC1CCOC1. The molecule has 0 amide bonds. The second-order valence-corrected chi connectivity index (χ2v) is 6.08. The summed E-state index contributed by atoms with van der Waals surface area (Å²) >= 11 is 0. The fraction of sp³-hybridized carbons (Fsp3) is 0.368. The van der Waals surface area contributed by atoms with E-state index in [1.165, 1.54) is 35.1 Å². The topological polar surface area (TPSA) is 21.3 Å². The summed E-state index contributed by atoms with van der Waals surface area (Å²) in [6.45, 7) is 2.95. The van der Waals surface area contributed by atoms with Gasteiger partial charge < -0.3 is 10.1 Å². The number of hydrogen-bond donors (Lipinski definition) is 1. The van der Waals surface area contributed by atoms with Gasteiger partial charge in [0.2, 0.25) is 0 Å². The average Bonchev–Trinajstić information content (AvgIpc) is 3.15. The molecule has 2 heteroatoms. The average molecular weight is 279 g/mol. The molecule has 21 heavy (non-hydrogen) atoms. The van der Waals surface area contributed by atoms with Crippen LogP contribution in [0.2, 0.25) is 0 Å². The number of fused-ring (bicyclic) bond motifs is 3. The van der Waals surface area contributed by atoms with Gasteiger partial charge in [-0.1, -0.05) is 48.5 Å². The first kappa shape index (κ1) is 13.1. The fourth-order valence-electron chi connectivity index (χ4n) is 3.62. The van der Waals surface area contributed by atoms with Crippen molar-refractivity contribution < 1.29 is 4.74 Å². The van der Waals surface area contributed by atoms with E-state index in [1.54, 1.807) is 0 Å². The minimum atomic E-state index is 0.347. The Morgan fingerprint density at radius 2 is 1.62 bits per heavy atom. The lowest BCUT2D eigenvalue weighted by atomic mass is 10.0. The maximum atomic E-state index is 5.46. The molecule has 1 aliphatic carbocycles. The van der Waals surface area contributed by atoms with E-state index in [0.29, 0.717) is 6.04 Å². The zero-order valence-electron chi connectivity index (χ0n) is 12.2. The summed E-state index contributed by atoms with van der Waals surface area (Å²) in [6, 6.07) is 17.9. The molecular weight excluding hydrogens is 258 g/mol. The molecule has 0 radical (unpaired) electrons. The zero-order valence-corrected chi connectivity index (χ0v) is 12.2. The van der Waals surface area contributed by atoms with E-state index in [2.05, 4.69) is 53.8 Å². The van der Waals surface area contributed by atoms with Crippen molar-refractivity contribution in [2.45, 2.75) is 18.9 Å². The highest BCUT2D eigenvalue weighted by atomic mass is 16.5. The van der Waals surface area contributed by atoms with Crippen molar-refractivity contribution in [3.05, 3.63) is 59.7 Å². The molecule has 2 nitrogen and oxygen atoms in total. The van der Waals surface area contributed by atoms with Crippen LogP contribution in [0.4, 0.5) is 0 Å². The third kappa shape index (κ3) is 2.39. The van der Waals surface area contributed by atoms with E-state index in [0.717, 1.165) is 25.7 Å². The Morgan fingerprint density at radius 3 is 2.24 bits per heavy atom. The Labute approximate surface area is 126 Å². The minimum Gasteiger partial charge on any atom is -0.381 e. The van der Waals surface area contributed by atoms with Gasteiger partial charge in [0.15, 0.2) is 0 Å². The standard InChI is InChI=1S/C19H21NO/c1-3-7-17-15(5-1)16-6-2-4-8-18(16)19(17)20-11-9-14-10-12-21-13-14/h1-8,14,19-20H,9-13H2. The summed E-state index contributed by atoms with van der Waals surface area (Å²) in [7, 11) is 0. The van der Waals surface area contributed by atoms with Crippen molar-refractivity contribution >= 4 is 0 Å². The molecule has 2 aromatic carbocycles. The van der Waals surface area contributed by atoms with E-state index in [-0.39, 0.29) is 0 Å². The lowest BCUT2D eigenvalue weighted by Gasteiger charge is -2.17.